The van der Waals surface area contributed by atoms with Crippen molar-refractivity contribution in [2.45, 2.75) is 0 Å². The van der Waals surface area contributed by atoms with Gasteiger partial charge in [-0.25, -0.2) is 15.0 Å². The molecule has 0 bridgehead atoms. The minimum absolute atomic E-state index is 0.586. The number of benzene rings is 6. The van der Waals surface area contributed by atoms with E-state index in [1.807, 2.05) is 97.3 Å². The van der Waals surface area contributed by atoms with Crippen LogP contribution in [0.15, 0.2) is 168 Å². The predicted molar refractivity (Wildman–Crippen MR) is 201 cm³/mol. The van der Waals surface area contributed by atoms with E-state index in [2.05, 4.69) is 76.3 Å². The van der Waals surface area contributed by atoms with Gasteiger partial charge in [-0.2, -0.15) is 0 Å². The number of nitrogens with zero attached hydrogens (tertiary/aromatic N) is 5. The van der Waals surface area contributed by atoms with Crippen molar-refractivity contribution < 1.29 is 4.42 Å². The molecule has 0 aliphatic rings. The lowest BCUT2D eigenvalue weighted by Crippen LogP contribution is -2.01. The maximum Gasteiger partial charge on any atom is 0.164 e. The topological polar surface area (TPSA) is 69.6 Å². The van der Waals surface area contributed by atoms with Gasteiger partial charge < -0.3 is 8.98 Å². The molecule has 50 heavy (non-hydrogen) atoms. The summed E-state index contributed by atoms with van der Waals surface area (Å²) in [5, 5.41) is 4.37. The maximum absolute atomic E-state index is 6.70. The molecule has 0 radical (unpaired) electrons. The molecule has 0 amide bonds. The smallest absolute Gasteiger partial charge is 0.164 e. The first kappa shape index (κ1) is 28.1. The number of para-hydroxylation sites is 2. The van der Waals surface area contributed by atoms with Gasteiger partial charge in [-0.1, -0.05) is 97.1 Å². The molecule has 0 N–H and O–H groups in total. The van der Waals surface area contributed by atoms with Gasteiger partial charge in [0.05, 0.1) is 11.0 Å². The Hall–Kier alpha value is -6.92. The highest BCUT2D eigenvalue weighted by molar-refractivity contribution is 6.21. The molecule has 6 aromatic carbocycles. The molecule has 0 aliphatic heterocycles. The number of hydrogen-bond acceptors (Lipinski definition) is 5. The van der Waals surface area contributed by atoms with Crippen molar-refractivity contribution in [2.75, 3.05) is 0 Å². The Morgan fingerprint density at radius 2 is 1.06 bits per heavy atom. The molecule has 0 spiro atoms. The van der Waals surface area contributed by atoms with Gasteiger partial charge in [-0.15, -0.1) is 0 Å². The Balaban J connectivity index is 1.30. The summed E-state index contributed by atoms with van der Waals surface area (Å²) in [5.41, 5.74) is 9.65. The Bertz CT molecular complexity index is 2790. The summed E-state index contributed by atoms with van der Waals surface area (Å²) in [6.07, 6.45) is 3.65. The quantitative estimate of drug-likeness (QED) is 0.187. The first-order valence-corrected chi connectivity index (χ1v) is 16.6. The minimum Gasteiger partial charge on any atom is -0.456 e. The van der Waals surface area contributed by atoms with E-state index in [1.54, 1.807) is 0 Å². The molecule has 0 saturated carbocycles. The normalized spacial score (nSPS) is 11.6. The minimum atomic E-state index is 0.586. The van der Waals surface area contributed by atoms with E-state index < -0.39 is 0 Å². The van der Waals surface area contributed by atoms with E-state index in [0.29, 0.717) is 17.5 Å². The highest BCUT2D eigenvalue weighted by Gasteiger charge is 2.23. The van der Waals surface area contributed by atoms with E-state index >= 15 is 0 Å². The van der Waals surface area contributed by atoms with E-state index in [4.69, 9.17) is 19.4 Å². The molecule has 4 aromatic heterocycles. The van der Waals surface area contributed by atoms with Gasteiger partial charge in [0.1, 0.15) is 11.2 Å². The van der Waals surface area contributed by atoms with E-state index in [1.165, 1.54) is 5.39 Å². The molecule has 0 unspecified atom stereocenters. The van der Waals surface area contributed by atoms with E-state index in [0.717, 1.165) is 71.9 Å². The van der Waals surface area contributed by atoms with Gasteiger partial charge >= 0.3 is 0 Å². The highest BCUT2D eigenvalue weighted by atomic mass is 16.3. The van der Waals surface area contributed by atoms with E-state index in [9.17, 15) is 0 Å². The lowest BCUT2D eigenvalue weighted by Gasteiger charge is -2.13. The van der Waals surface area contributed by atoms with Crippen LogP contribution in [-0.4, -0.2) is 24.5 Å². The van der Waals surface area contributed by atoms with E-state index in [-0.39, 0.29) is 0 Å². The average Bonchev–Trinajstić information content (AvgIpc) is 3.72. The fraction of sp³-hybridized carbons (Fsp3) is 0. The number of hydrogen-bond donors (Lipinski definition) is 0. The van der Waals surface area contributed by atoms with Crippen LogP contribution in [0.25, 0.3) is 94.7 Å². The van der Waals surface area contributed by atoms with Gasteiger partial charge in [0.2, 0.25) is 0 Å². The molecular formula is C44H27N5O. The summed E-state index contributed by atoms with van der Waals surface area (Å²) in [7, 11) is 0. The number of pyridine rings is 1. The van der Waals surface area contributed by atoms with Crippen LogP contribution in [0.5, 0.6) is 0 Å². The molecule has 0 fully saturated rings. The van der Waals surface area contributed by atoms with Crippen LogP contribution in [0.2, 0.25) is 0 Å². The van der Waals surface area contributed by atoms with Gasteiger partial charge in [0.15, 0.2) is 17.5 Å². The van der Waals surface area contributed by atoms with Gasteiger partial charge in [-0.05, 0) is 54.1 Å². The molecule has 234 valence electrons. The lowest BCUT2D eigenvalue weighted by molar-refractivity contribution is 0.669. The molecule has 0 atom stereocenters. The maximum atomic E-state index is 6.70. The largest absolute Gasteiger partial charge is 0.456 e. The zero-order chi connectivity index (χ0) is 33.0. The zero-order valence-electron chi connectivity index (χ0n) is 26.7. The molecule has 10 rings (SSSR count). The molecule has 10 aromatic rings. The number of furan rings is 1. The van der Waals surface area contributed by atoms with Crippen molar-refractivity contribution in [3.63, 3.8) is 0 Å². The second-order valence-electron chi connectivity index (χ2n) is 12.3. The van der Waals surface area contributed by atoms with Crippen molar-refractivity contribution in [2.24, 2.45) is 0 Å². The Kier molecular flexibility index (Phi) is 6.39. The monoisotopic (exact) mass is 641 g/mol. The highest BCUT2D eigenvalue weighted by Crippen LogP contribution is 2.45. The fourth-order valence-corrected chi connectivity index (χ4v) is 7.12. The Labute approximate surface area is 287 Å². The molecular weight excluding hydrogens is 615 g/mol. The molecule has 4 heterocycles. The second-order valence-corrected chi connectivity index (χ2v) is 12.3. The standard InChI is InChI=1S/C44H27N5O/c1-4-12-29(13-5-1)42-46-43(30-14-6-2-7-15-30)48-44(47-42)33-20-21-38-41(40(33)28-22-24-45-25-23-28)35-26-34-32-18-10-11-19-36(32)49(31-16-8-3-9-17-31)37(34)27-39(35)50-38/h1-27H. The van der Waals surface area contributed by atoms with Gasteiger partial charge in [-0.3, -0.25) is 4.98 Å². The van der Waals surface area contributed by atoms with Crippen molar-refractivity contribution in [1.82, 2.24) is 24.5 Å². The van der Waals surface area contributed by atoms with Crippen molar-refractivity contribution in [1.29, 1.82) is 0 Å². The number of aromatic nitrogens is 5. The third-order valence-corrected chi connectivity index (χ3v) is 9.35. The summed E-state index contributed by atoms with van der Waals surface area (Å²) in [5.74, 6) is 1.81. The SMILES string of the molecule is c1ccc(-c2nc(-c3ccccc3)nc(-c3ccc4oc5cc6c(cc5c4c3-c3ccncc3)c3ccccc3n6-c3ccccc3)n2)cc1. The first-order chi connectivity index (χ1) is 24.8. The summed E-state index contributed by atoms with van der Waals surface area (Å²) in [6, 6.07) is 51.8. The first-order valence-electron chi connectivity index (χ1n) is 16.6. The van der Waals surface area contributed by atoms with Crippen LogP contribution in [-0.2, 0) is 0 Å². The van der Waals surface area contributed by atoms with Crippen molar-refractivity contribution in [3.8, 4) is 51.0 Å². The third-order valence-electron chi connectivity index (χ3n) is 9.35. The number of rotatable bonds is 5. The van der Waals surface area contributed by atoms with Crippen LogP contribution in [0.1, 0.15) is 0 Å². The van der Waals surface area contributed by atoms with Crippen LogP contribution < -0.4 is 0 Å². The Morgan fingerprint density at radius 1 is 0.440 bits per heavy atom. The van der Waals surface area contributed by atoms with Gasteiger partial charge in [0, 0.05) is 67.9 Å². The third kappa shape index (κ3) is 4.50. The predicted octanol–water partition coefficient (Wildman–Crippen LogP) is 10.9. The average molecular weight is 642 g/mol. The van der Waals surface area contributed by atoms with Crippen molar-refractivity contribution in [3.05, 3.63) is 164 Å². The van der Waals surface area contributed by atoms with Crippen LogP contribution in [0.3, 0.4) is 0 Å². The van der Waals surface area contributed by atoms with Crippen LogP contribution >= 0.6 is 0 Å². The summed E-state index contributed by atoms with van der Waals surface area (Å²) in [4.78, 5) is 19.5. The zero-order valence-corrected chi connectivity index (χ0v) is 26.7. The summed E-state index contributed by atoms with van der Waals surface area (Å²) >= 11 is 0. The molecule has 6 heteroatoms. The number of fused-ring (bicyclic) bond motifs is 6. The lowest BCUT2D eigenvalue weighted by atomic mass is 9.94. The molecule has 0 aliphatic carbocycles. The van der Waals surface area contributed by atoms with Crippen LogP contribution in [0.4, 0.5) is 0 Å². The molecule has 0 saturated heterocycles. The van der Waals surface area contributed by atoms with Crippen molar-refractivity contribution >= 4 is 43.7 Å². The second kappa shape index (κ2) is 11.4. The summed E-state index contributed by atoms with van der Waals surface area (Å²) in [6.45, 7) is 0. The Morgan fingerprint density at radius 3 is 1.76 bits per heavy atom. The molecule has 6 nitrogen and oxygen atoms in total. The summed E-state index contributed by atoms with van der Waals surface area (Å²) < 4.78 is 9.02. The fourth-order valence-electron chi connectivity index (χ4n) is 7.12. The van der Waals surface area contributed by atoms with Gasteiger partial charge in [0.25, 0.3) is 0 Å². The van der Waals surface area contributed by atoms with Crippen LogP contribution in [0, 0.1) is 0 Å².